The largest absolute Gasteiger partial charge is 0.497 e. The van der Waals surface area contributed by atoms with Crippen molar-refractivity contribution in [2.45, 2.75) is 0 Å². The predicted octanol–water partition coefficient (Wildman–Crippen LogP) is 1.82. The van der Waals surface area contributed by atoms with Crippen LogP contribution in [0.4, 0.5) is 11.6 Å². The SMILES string of the molecule is COc1ccc(-c2ccc(/C=N/Nc3nn[nH]n3)o2)c([N+](=O)[O-])c1. The van der Waals surface area contributed by atoms with Gasteiger partial charge in [0.25, 0.3) is 11.6 Å². The number of nitro benzene ring substituents is 1. The Bertz CT molecular complexity index is 872. The van der Waals surface area contributed by atoms with E-state index in [-0.39, 0.29) is 11.6 Å². The fourth-order valence-corrected chi connectivity index (χ4v) is 1.93. The number of anilines is 1. The molecule has 0 radical (unpaired) electrons. The van der Waals surface area contributed by atoms with Gasteiger partial charge in [-0.15, -0.1) is 5.10 Å². The Labute approximate surface area is 134 Å². The van der Waals surface area contributed by atoms with Gasteiger partial charge in [0.2, 0.25) is 0 Å². The lowest BCUT2D eigenvalue weighted by molar-refractivity contribution is -0.384. The third-order valence-corrected chi connectivity index (χ3v) is 3.00. The maximum atomic E-state index is 11.2. The summed E-state index contributed by atoms with van der Waals surface area (Å²) in [4.78, 5) is 10.7. The number of aromatic amines is 1. The van der Waals surface area contributed by atoms with Gasteiger partial charge in [0, 0.05) is 0 Å². The molecule has 2 heterocycles. The lowest BCUT2D eigenvalue weighted by atomic mass is 10.1. The molecule has 0 saturated carbocycles. The number of hydrogen-bond donors (Lipinski definition) is 2. The highest BCUT2D eigenvalue weighted by Crippen LogP contribution is 2.33. The quantitative estimate of drug-likeness (QED) is 0.396. The summed E-state index contributed by atoms with van der Waals surface area (Å²) in [5.41, 5.74) is 2.76. The van der Waals surface area contributed by atoms with Gasteiger partial charge in [0.1, 0.15) is 17.3 Å². The molecule has 122 valence electrons. The zero-order chi connectivity index (χ0) is 16.9. The van der Waals surface area contributed by atoms with Crippen LogP contribution in [0.25, 0.3) is 11.3 Å². The van der Waals surface area contributed by atoms with Crippen molar-refractivity contribution in [3.05, 3.63) is 46.2 Å². The molecule has 0 aliphatic heterocycles. The summed E-state index contributed by atoms with van der Waals surface area (Å²) >= 11 is 0. The van der Waals surface area contributed by atoms with E-state index in [1.807, 2.05) is 0 Å². The average molecular weight is 329 g/mol. The Morgan fingerprint density at radius 1 is 1.42 bits per heavy atom. The smallest absolute Gasteiger partial charge is 0.284 e. The Balaban J connectivity index is 1.82. The van der Waals surface area contributed by atoms with Crippen LogP contribution in [0, 0.1) is 10.1 Å². The first-order valence-corrected chi connectivity index (χ1v) is 6.62. The molecule has 0 fully saturated rings. The molecule has 3 aromatic rings. The maximum absolute atomic E-state index is 11.2. The molecule has 11 nitrogen and oxygen atoms in total. The first kappa shape index (κ1) is 15.1. The topological polar surface area (TPSA) is 144 Å². The van der Waals surface area contributed by atoms with E-state index in [0.717, 1.165) is 0 Å². The monoisotopic (exact) mass is 329 g/mol. The second-order valence-electron chi connectivity index (χ2n) is 4.45. The Morgan fingerprint density at radius 3 is 3.00 bits per heavy atom. The van der Waals surface area contributed by atoms with Gasteiger partial charge in [-0.05, 0) is 29.5 Å². The lowest BCUT2D eigenvalue weighted by Crippen LogP contribution is -1.93. The number of hydrogen-bond acceptors (Lipinski definition) is 9. The minimum absolute atomic E-state index is 0.114. The standard InChI is InChI=1S/C13H11N7O4/c1-23-8-2-4-10(11(6-8)20(21)22)12-5-3-9(24-12)7-14-15-13-16-18-19-17-13/h2-7H,1H3,(H2,15,16,17,18,19)/b14-7+. The number of nitrogens with zero attached hydrogens (tertiary/aromatic N) is 5. The molecule has 0 saturated heterocycles. The van der Waals surface area contributed by atoms with Crippen LogP contribution in [0.15, 0.2) is 39.9 Å². The second kappa shape index (κ2) is 6.56. The number of nitrogens with one attached hydrogen (secondary N) is 2. The zero-order valence-electron chi connectivity index (χ0n) is 12.3. The van der Waals surface area contributed by atoms with Crippen LogP contribution in [0.1, 0.15) is 5.76 Å². The van der Waals surface area contributed by atoms with Crippen molar-refractivity contribution < 1.29 is 14.1 Å². The average Bonchev–Trinajstić information content (AvgIpc) is 3.26. The summed E-state index contributed by atoms with van der Waals surface area (Å²) < 4.78 is 10.6. The van der Waals surface area contributed by atoms with Crippen molar-refractivity contribution in [3.63, 3.8) is 0 Å². The summed E-state index contributed by atoms with van der Waals surface area (Å²) in [6.07, 6.45) is 1.38. The summed E-state index contributed by atoms with van der Waals surface area (Å²) in [6, 6.07) is 7.77. The summed E-state index contributed by atoms with van der Waals surface area (Å²) in [5.74, 6) is 1.32. The molecule has 0 unspecified atom stereocenters. The van der Waals surface area contributed by atoms with Crippen molar-refractivity contribution in [2.75, 3.05) is 12.5 Å². The molecule has 2 aromatic heterocycles. The van der Waals surface area contributed by atoms with E-state index in [2.05, 4.69) is 31.2 Å². The third-order valence-electron chi connectivity index (χ3n) is 3.00. The van der Waals surface area contributed by atoms with Gasteiger partial charge < -0.3 is 9.15 Å². The van der Waals surface area contributed by atoms with Gasteiger partial charge >= 0.3 is 0 Å². The van der Waals surface area contributed by atoms with Crippen molar-refractivity contribution in [1.82, 2.24) is 20.6 Å². The number of H-pyrrole nitrogens is 1. The second-order valence-corrected chi connectivity index (χ2v) is 4.45. The normalized spacial score (nSPS) is 10.9. The fraction of sp³-hybridized carbons (Fsp3) is 0.0769. The Hall–Kier alpha value is -3.76. The molecule has 11 heteroatoms. The zero-order valence-corrected chi connectivity index (χ0v) is 12.3. The molecule has 24 heavy (non-hydrogen) atoms. The van der Waals surface area contributed by atoms with Crippen LogP contribution in [-0.2, 0) is 0 Å². The van der Waals surface area contributed by atoms with Crippen LogP contribution in [0.2, 0.25) is 0 Å². The molecular weight excluding hydrogens is 318 g/mol. The molecule has 0 bridgehead atoms. The lowest BCUT2D eigenvalue weighted by Gasteiger charge is -2.03. The fourth-order valence-electron chi connectivity index (χ4n) is 1.93. The number of methoxy groups -OCH3 is 1. The van der Waals surface area contributed by atoms with Crippen LogP contribution < -0.4 is 10.2 Å². The third kappa shape index (κ3) is 3.19. The van der Waals surface area contributed by atoms with E-state index in [9.17, 15) is 10.1 Å². The number of ether oxygens (including phenoxy) is 1. The first-order chi connectivity index (χ1) is 11.7. The van der Waals surface area contributed by atoms with Crippen LogP contribution in [0.5, 0.6) is 5.75 Å². The number of furan rings is 1. The van der Waals surface area contributed by atoms with E-state index in [1.54, 1.807) is 24.3 Å². The number of tetrazole rings is 1. The van der Waals surface area contributed by atoms with E-state index >= 15 is 0 Å². The minimum Gasteiger partial charge on any atom is -0.497 e. The highest BCUT2D eigenvalue weighted by atomic mass is 16.6. The van der Waals surface area contributed by atoms with Crippen molar-refractivity contribution in [2.24, 2.45) is 5.10 Å². The number of aromatic nitrogens is 4. The molecule has 0 atom stereocenters. The molecule has 0 aliphatic carbocycles. The van der Waals surface area contributed by atoms with E-state index < -0.39 is 4.92 Å². The molecular formula is C13H11N7O4. The first-order valence-electron chi connectivity index (χ1n) is 6.62. The van der Waals surface area contributed by atoms with Gasteiger partial charge in [-0.2, -0.15) is 10.3 Å². The van der Waals surface area contributed by atoms with Crippen molar-refractivity contribution in [3.8, 4) is 17.1 Å². The van der Waals surface area contributed by atoms with Gasteiger partial charge in [-0.1, -0.05) is 5.10 Å². The number of nitro groups is 1. The van der Waals surface area contributed by atoms with E-state index in [4.69, 9.17) is 9.15 Å². The minimum atomic E-state index is -0.494. The molecule has 0 amide bonds. The Morgan fingerprint density at radius 2 is 2.29 bits per heavy atom. The van der Waals surface area contributed by atoms with Gasteiger partial charge in [0.05, 0.1) is 29.9 Å². The molecule has 1 aromatic carbocycles. The summed E-state index contributed by atoms with van der Waals surface area (Å²) in [5, 5.41) is 28.0. The van der Waals surface area contributed by atoms with Crippen molar-refractivity contribution in [1.29, 1.82) is 0 Å². The van der Waals surface area contributed by atoms with Crippen LogP contribution >= 0.6 is 0 Å². The van der Waals surface area contributed by atoms with E-state index in [0.29, 0.717) is 22.8 Å². The van der Waals surface area contributed by atoms with Crippen molar-refractivity contribution >= 4 is 17.9 Å². The molecule has 3 rings (SSSR count). The molecule has 0 spiro atoms. The Kier molecular flexibility index (Phi) is 4.14. The van der Waals surface area contributed by atoms with Gasteiger partial charge in [-0.25, -0.2) is 5.43 Å². The molecule has 0 aliphatic rings. The molecule has 2 N–H and O–H groups in total. The number of hydrazone groups is 1. The number of benzene rings is 1. The highest BCUT2D eigenvalue weighted by molar-refractivity contribution is 5.79. The maximum Gasteiger partial charge on any atom is 0.284 e. The summed E-state index contributed by atoms with van der Waals surface area (Å²) in [7, 11) is 1.44. The van der Waals surface area contributed by atoms with Gasteiger partial charge in [0.15, 0.2) is 0 Å². The summed E-state index contributed by atoms with van der Waals surface area (Å²) in [6.45, 7) is 0. The van der Waals surface area contributed by atoms with Crippen LogP contribution in [0.3, 0.4) is 0 Å². The van der Waals surface area contributed by atoms with E-state index in [1.165, 1.54) is 19.4 Å². The highest BCUT2D eigenvalue weighted by Gasteiger charge is 2.19. The number of rotatable bonds is 6. The van der Waals surface area contributed by atoms with Crippen LogP contribution in [-0.4, -0.2) is 38.9 Å². The predicted molar refractivity (Wildman–Crippen MR) is 82.7 cm³/mol. The van der Waals surface area contributed by atoms with Gasteiger partial charge in [-0.3, -0.25) is 10.1 Å².